The average Bonchev–Trinajstić information content (AvgIpc) is 2.56. The normalized spacial score (nSPS) is 12.1. The molecule has 2 aromatic carbocycles. The van der Waals surface area contributed by atoms with Gasteiger partial charge in [0.1, 0.15) is 5.75 Å². The Kier molecular flexibility index (Phi) is 5.69. The lowest BCUT2D eigenvalue weighted by molar-refractivity contribution is -0.142. The molecule has 25 heavy (non-hydrogen) atoms. The molecule has 0 aromatic heterocycles. The summed E-state index contributed by atoms with van der Waals surface area (Å²) in [6.07, 6.45) is 0.835. The topological polar surface area (TPSA) is 35.5 Å². The number of carbonyl (C=O) groups is 1. The van der Waals surface area contributed by atoms with Crippen LogP contribution >= 0.6 is 0 Å². The van der Waals surface area contributed by atoms with Gasteiger partial charge in [0, 0.05) is 7.11 Å². The Morgan fingerprint density at radius 1 is 0.840 bits per heavy atom. The molecule has 0 N–H and O–H groups in total. The predicted molar refractivity (Wildman–Crippen MR) is 101 cm³/mol. The van der Waals surface area contributed by atoms with Gasteiger partial charge in [-0.3, -0.25) is 4.79 Å². The molecule has 3 nitrogen and oxygen atoms in total. The standard InChI is InChI=1S/C22H28O3/c1-21(2,3)20(23)25-19-13-9-17(10-14-19)15-16-7-11-18(12-8-16)22(4,5)24-6/h7-14H,15H2,1-6H3. The third-order valence-corrected chi connectivity index (χ3v) is 4.31. The van der Waals surface area contributed by atoms with Crippen molar-refractivity contribution in [1.29, 1.82) is 0 Å². The number of ether oxygens (including phenoxy) is 2. The summed E-state index contributed by atoms with van der Waals surface area (Å²) in [6, 6.07) is 16.2. The Labute approximate surface area is 151 Å². The highest BCUT2D eigenvalue weighted by Crippen LogP contribution is 2.25. The van der Waals surface area contributed by atoms with E-state index >= 15 is 0 Å². The van der Waals surface area contributed by atoms with Gasteiger partial charge in [0.25, 0.3) is 0 Å². The van der Waals surface area contributed by atoms with Gasteiger partial charge in [-0.05, 0) is 69.9 Å². The molecule has 0 fully saturated rings. The molecule has 134 valence electrons. The van der Waals surface area contributed by atoms with Crippen LogP contribution in [0.3, 0.4) is 0 Å². The Bertz CT molecular complexity index is 704. The highest BCUT2D eigenvalue weighted by molar-refractivity contribution is 5.77. The van der Waals surface area contributed by atoms with E-state index in [0.717, 1.165) is 12.0 Å². The van der Waals surface area contributed by atoms with E-state index in [1.807, 2.05) is 45.0 Å². The Balaban J connectivity index is 2.03. The fraction of sp³-hybridized carbons (Fsp3) is 0.409. The van der Waals surface area contributed by atoms with Crippen molar-refractivity contribution >= 4 is 5.97 Å². The molecule has 0 amide bonds. The second-order valence-corrected chi connectivity index (χ2v) is 7.87. The summed E-state index contributed by atoms with van der Waals surface area (Å²) in [5.74, 6) is 0.359. The van der Waals surface area contributed by atoms with Gasteiger partial charge in [0.05, 0.1) is 11.0 Å². The lowest BCUT2D eigenvalue weighted by atomic mass is 9.95. The number of methoxy groups -OCH3 is 1. The summed E-state index contributed by atoms with van der Waals surface area (Å²) < 4.78 is 10.9. The van der Waals surface area contributed by atoms with E-state index in [2.05, 4.69) is 38.1 Å². The number of hydrogen-bond donors (Lipinski definition) is 0. The van der Waals surface area contributed by atoms with Crippen LogP contribution < -0.4 is 4.74 Å². The summed E-state index contributed by atoms with van der Waals surface area (Å²) in [5, 5.41) is 0. The summed E-state index contributed by atoms with van der Waals surface area (Å²) >= 11 is 0. The quantitative estimate of drug-likeness (QED) is 0.560. The molecule has 0 saturated carbocycles. The first kappa shape index (κ1) is 19.2. The fourth-order valence-corrected chi connectivity index (χ4v) is 2.31. The van der Waals surface area contributed by atoms with Crippen molar-refractivity contribution in [1.82, 2.24) is 0 Å². The maximum absolute atomic E-state index is 11.9. The summed E-state index contributed by atoms with van der Waals surface area (Å²) in [5.41, 5.74) is 2.78. The van der Waals surface area contributed by atoms with Gasteiger partial charge < -0.3 is 9.47 Å². The van der Waals surface area contributed by atoms with Gasteiger partial charge in [-0.2, -0.15) is 0 Å². The van der Waals surface area contributed by atoms with E-state index in [1.54, 1.807) is 7.11 Å². The molecular weight excluding hydrogens is 312 g/mol. The summed E-state index contributed by atoms with van der Waals surface area (Å²) in [7, 11) is 1.72. The molecular formula is C22H28O3. The molecule has 0 radical (unpaired) electrons. The SMILES string of the molecule is COC(C)(C)c1ccc(Cc2ccc(OC(=O)C(C)(C)C)cc2)cc1. The molecule has 0 aliphatic carbocycles. The van der Waals surface area contributed by atoms with Crippen molar-refractivity contribution in [2.24, 2.45) is 5.41 Å². The number of esters is 1. The molecule has 0 unspecified atom stereocenters. The number of benzene rings is 2. The van der Waals surface area contributed by atoms with Crippen molar-refractivity contribution in [3.8, 4) is 5.75 Å². The van der Waals surface area contributed by atoms with Crippen LogP contribution in [0, 0.1) is 5.41 Å². The van der Waals surface area contributed by atoms with Crippen LogP contribution in [0.4, 0.5) is 0 Å². The summed E-state index contributed by atoms with van der Waals surface area (Å²) in [6.45, 7) is 9.65. The second-order valence-electron chi connectivity index (χ2n) is 7.87. The van der Waals surface area contributed by atoms with E-state index in [1.165, 1.54) is 11.1 Å². The van der Waals surface area contributed by atoms with Crippen LogP contribution in [0.2, 0.25) is 0 Å². The van der Waals surface area contributed by atoms with Crippen LogP contribution in [-0.4, -0.2) is 13.1 Å². The molecule has 0 atom stereocenters. The van der Waals surface area contributed by atoms with Crippen LogP contribution in [0.15, 0.2) is 48.5 Å². The molecule has 0 saturated heterocycles. The van der Waals surface area contributed by atoms with E-state index in [-0.39, 0.29) is 11.6 Å². The zero-order valence-electron chi connectivity index (χ0n) is 16.1. The first-order valence-electron chi connectivity index (χ1n) is 8.57. The van der Waals surface area contributed by atoms with Crippen LogP contribution in [-0.2, 0) is 21.6 Å². The molecule has 0 heterocycles. The van der Waals surface area contributed by atoms with E-state index in [9.17, 15) is 4.79 Å². The van der Waals surface area contributed by atoms with Crippen LogP contribution in [0.1, 0.15) is 51.3 Å². The van der Waals surface area contributed by atoms with Crippen LogP contribution in [0.5, 0.6) is 5.75 Å². The lowest BCUT2D eigenvalue weighted by Gasteiger charge is -2.23. The van der Waals surface area contributed by atoms with Gasteiger partial charge >= 0.3 is 5.97 Å². The minimum Gasteiger partial charge on any atom is -0.426 e. The zero-order valence-corrected chi connectivity index (χ0v) is 16.1. The van der Waals surface area contributed by atoms with Gasteiger partial charge in [-0.25, -0.2) is 0 Å². The Hall–Kier alpha value is -2.13. The number of rotatable bonds is 5. The van der Waals surface area contributed by atoms with Gasteiger partial charge in [-0.1, -0.05) is 36.4 Å². The minimum atomic E-state index is -0.504. The molecule has 2 aromatic rings. The molecule has 0 aliphatic heterocycles. The van der Waals surface area contributed by atoms with Crippen molar-refractivity contribution in [2.75, 3.05) is 7.11 Å². The van der Waals surface area contributed by atoms with Gasteiger partial charge in [0.15, 0.2) is 0 Å². The first-order valence-corrected chi connectivity index (χ1v) is 8.57. The highest BCUT2D eigenvalue weighted by Gasteiger charge is 2.23. The summed E-state index contributed by atoms with van der Waals surface area (Å²) in [4.78, 5) is 11.9. The predicted octanol–water partition coefficient (Wildman–Crippen LogP) is 5.11. The van der Waals surface area contributed by atoms with E-state index in [0.29, 0.717) is 5.75 Å². The van der Waals surface area contributed by atoms with Gasteiger partial charge in [0.2, 0.25) is 0 Å². The molecule has 0 aliphatic rings. The molecule has 0 bridgehead atoms. The first-order chi connectivity index (χ1) is 11.6. The Morgan fingerprint density at radius 3 is 1.76 bits per heavy atom. The minimum absolute atomic E-state index is 0.225. The van der Waals surface area contributed by atoms with E-state index in [4.69, 9.17) is 9.47 Å². The fourth-order valence-electron chi connectivity index (χ4n) is 2.31. The second kappa shape index (κ2) is 7.40. The molecule has 0 spiro atoms. The van der Waals surface area contributed by atoms with E-state index < -0.39 is 5.41 Å². The third-order valence-electron chi connectivity index (χ3n) is 4.31. The maximum Gasteiger partial charge on any atom is 0.316 e. The molecule has 3 heteroatoms. The van der Waals surface area contributed by atoms with Crippen molar-refractivity contribution in [2.45, 2.75) is 46.6 Å². The average molecular weight is 340 g/mol. The van der Waals surface area contributed by atoms with Crippen molar-refractivity contribution in [3.63, 3.8) is 0 Å². The smallest absolute Gasteiger partial charge is 0.316 e. The number of carbonyl (C=O) groups excluding carboxylic acids is 1. The monoisotopic (exact) mass is 340 g/mol. The van der Waals surface area contributed by atoms with Crippen molar-refractivity contribution in [3.05, 3.63) is 65.2 Å². The molecule has 2 rings (SSSR count). The largest absolute Gasteiger partial charge is 0.426 e. The van der Waals surface area contributed by atoms with Crippen molar-refractivity contribution < 1.29 is 14.3 Å². The Morgan fingerprint density at radius 2 is 1.32 bits per heavy atom. The number of hydrogen-bond acceptors (Lipinski definition) is 3. The maximum atomic E-state index is 11.9. The highest BCUT2D eigenvalue weighted by atomic mass is 16.5. The lowest BCUT2D eigenvalue weighted by Crippen LogP contribution is -2.25. The van der Waals surface area contributed by atoms with Gasteiger partial charge in [-0.15, -0.1) is 0 Å². The third kappa shape index (κ3) is 5.17. The zero-order chi connectivity index (χ0) is 18.7. The van der Waals surface area contributed by atoms with Crippen LogP contribution in [0.25, 0.3) is 0 Å².